The maximum absolute atomic E-state index is 12.6. The first-order valence-corrected chi connectivity index (χ1v) is 12.1. The lowest BCUT2D eigenvalue weighted by Crippen LogP contribution is -2.48. The minimum atomic E-state index is -1.12. The van der Waals surface area contributed by atoms with Crippen LogP contribution in [0.25, 0.3) is 11.1 Å². The standard InChI is InChI=1S/C25H23N3O6S/c29-23(26-11-21-27-20(13-35-21)24(30)31)22-19(9-10-33-22)28-25(32)34-12-18-16-7-3-1-5-14(16)15-6-2-4-8-17(15)18/h1-8,13,18-19,22H,9-12H2,(H,26,29)(H,28,32)(H,30,31). The fourth-order valence-electron chi connectivity index (χ4n) is 4.54. The fraction of sp³-hybridized carbons (Fsp3) is 0.280. The van der Waals surface area contributed by atoms with Crippen LogP contribution in [0, 0.1) is 0 Å². The summed E-state index contributed by atoms with van der Waals surface area (Å²) in [5, 5.41) is 16.3. The van der Waals surface area contributed by atoms with E-state index < -0.39 is 30.1 Å². The summed E-state index contributed by atoms with van der Waals surface area (Å²) >= 11 is 1.15. The second-order valence-electron chi connectivity index (χ2n) is 8.31. The van der Waals surface area contributed by atoms with Gasteiger partial charge in [-0.1, -0.05) is 48.5 Å². The topological polar surface area (TPSA) is 127 Å². The van der Waals surface area contributed by atoms with Crippen LogP contribution >= 0.6 is 11.3 Å². The van der Waals surface area contributed by atoms with Crippen molar-refractivity contribution in [2.24, 2.45) is 0 Å². The Morgan fingerprint density at radius 1 is 1.09 bits per heavy atom. The number of hydrogen-bond acceptors (Lipinski definition) is 7. The zero-order valence-corrected chi connectivity index (χ0v) is 19.4. The summed E-state index contributed by atoms with van der Waals surface area (Å²) in [5.41, 5.74) is 4.47. The molecule has 1 saturated heterocycles. The number of thiazole rings is 1. The number of fused-ring (bicyclic) bond motifs is 3. The van der Waals surface area contributed by atoms with E-state index in [0.29, 0.717) is 18.0 Å². The van der Waals surface area contributed by atoms with Crippen molar-refractivity contribution in [1.82, 2.24) is 15.6 Å². The van der Waals surface area contributed by atoms with Gasteiger partial charge in [0.1, 0.15) is 11.6 Å². The molecule has 180 valence electrons. The van der Waals surface area contributed by atoms with Crippen LogP contribution in [0.15, 0.2) is 53.9 Å². The van der Waals surface area contributed by atoms with Crippen LogP contribution in [0.1, 0.15) is 39.0 Å². The van der Waals surface area contributed by atoms with E-state index in [9.17, 15) is 14.4 Å². The maximum Gasteiger partial charge on any atom is 0.407 e. The molecule has 1 aromatic heterocycles. The summed E-state index contributed by atoms with van der Waals surface area (Å²) in [7, 11) is 0. The first kappa shape index (κ1) is 23.0. The van der Waals surface area contributed by atoms with E-state index in [2.05, 4.69) is 27.8 Å². The van der Waals surface area contributed by atoms with E-state index in [1.54, 1.807) is 0 Å². The number of carbonyl (C=O) groups excluding carboxylic acids is 2. The zero-order valence-electron chi connectivity index (χ0n) is 18.6. The lowest BCUT2D eigenvalue weighted by molar-refractivity contribution is -0.130. The van der Waals surface area contributed by atoms with Crippen molar-refractivity contribution in [3.05, 3.63) is 75.7 Å². The van der Waals surface area contributed by atoms with Crippen molar-refractivity contribution in [2.45, 2.75) is 31.0 Å². The Balaban J connectivity index is 1.16. The van der Waals surface area contributed by atoms with Gasteiger partial charge >= 0.3 is 12.1 Å². The van der Waals surface area contributed by atoms with E-state index in [4.69, 9.17) is 14.6 Å². The van der Waals surface area contributed by atoms with Gasteiger partial charge in [-0.3, -0.25) is 4.79 Å². The van der Waals surface area contributed by atoms with Gasteiger partial charge in [-0.05, 0) is 28.7 Å². The number of carbonyl (C=O) groups is 3. The highest BCUT2D eigenvalue weighted by Gasteiger charge is 2.36. The molecule has 2 heterocycles. The SMILES string of the molecule is O=C(NC1CCOC1C(=O)NCc1nc(C(=O)O)cs1)OCC1c2ccccc2-c2ccccc21. The third-order valence-electron chi connectivity index (χ3n) is 6.18. The average molecular weight is 494 g/mol. The molecule has 2 amide bonds. The monoisotopic (exact) mass is 493 g/mol. The molecule has 3 N–H and O–H groups in total. The largest absolute Gasteiger partial charge is 0.476 e. The number of nitrogens with zero attached hydrogens (tertiary/aromatic N) is 1. The molecule has 2 aliphatic rings. The van der Waals surface area contributed by atoms with Gasteiger partial charge in [0.15, 0.2) is 11.8 Å². The van der Waals surface area contributed by atoms with Gasteiger partial charge in [0, 0.05) is 17.9 Å². The van der Waals surface area contributed by atoms with Crippen LogP contribution in [-0.2, 0) is 20.8 Å². The van der Waals surface area contributed by atoms with Gasteiger partial charge in [-0.15, -0.1) is 11.3 Å². The van der Waals surface area contributed by atoms with Gasteiger partial charge in [-0.2, -0.15) is 0 Å². The lowest BCUT2D eigenvalue weighted by Gasteiger charge is -2.20. The molecule has 0 radical (unpaired) electrons. The number of amides is 2. The van der Waals surface area contributed by atoms with Crippen molar-refractivity contribution in [3.63, 3.8) is 0 Å². The molecule has 35 heavy (non-hydrogen) atoms. The molecule has 2 unspecified atom stereocenters. The van der Waals surface area contributed by atoms with Crippen molar-refractivity contribution < 1.29 is 29.0 Å². The van der Waals surface area contributed by atoms with Gasteiger partial charge in [-0.25, -0.2) is 14.6 Å². The predicted molar refractivity (Wildman–Crippen MR) is 127 cm³/mol. The van der Waals surface area contributed by atoms with Crippen molar-refractivity contribution in [3.8, 4) is 11.1 Å². The fourth-order valence-corrected chi connectivity index (χ4v) is 5.25. The number of ether oxygens (including phenoxy) is 2. The molecular weight excluding hydrogens is 470 g/mol. The minimum Gasteiger partial charge on any atom is -0.476 e. The third kappa shape index (κ3) is 4.75. The number of aromatic nitrogens is 1. The van der Waals surface area contributed by atoms with E-state index in [1.807, 2.05) is 36.4 Å². The first-order chi connectivity index (χ1) is 17.0. The van der Waals surface area contributed by atoms with E-state index in [0.717, 1.165) is 33.6 Å². The second kappa shape index (κ2) is 9.85. The van der Waals surface area contributed by atoms with Crippen molar-refractivity contribution >= 4 is 29.3 Å². The van der Waals surface area contributed by atoms with Gasteiger partial charge < -0.3 is 25.2 Å². The normalized spacial score (nSPS) is 18.5. The van der Waals surface area contributed by atoms with Crippen LogP contribution in [0.3, 0.4) is 0 Å². The van der Waals surface area contributed by atoms with Gasteiger partial charge in [0.2, 0.25) is 0 Å². The molecule has 1 aliphatic carbocycles. The Labute approximate surface area is 205 Å². The lowest BCUT2D eigenvalue weighted by atomic mass is 9.98. The number of carboxylic acid groups (broad SMARTS) is 1. The second-order valence-corrected chi connectivity index (χ2v) is 9.25. The average Bonchev–Trinajstić information content (AvgIpc) is 3.59. The molecule has 0 bridgehead atoms. The summed E-state index contributed by atoms with van der Waals surface area (Å²) in [6.07, 6.45) is -0.997. The number of carboxylic acids is 1. The van der Waals surface area contributed by atoms with E-state index in [-0.39, 0.29) is 24.8 Å². The van der Waals surface area contributed by atoms with Gasteiger partial charge in [0.05, 0.1) is 12.6 Å². The van der Waals surface area contributed by atoms with Crippen molar-refractivity contribution in [1.29, 1.82) is 0 Å². The Bertz CT molecular complexity index is 1230. The van der Waals surface area contributed by atoms with E-state index >= 15 is 0 Å². The molecule has 10 heteroatoms. The van der Waals surface area contributed by atoms with Crippen LogP contribution in [0.2, 0.25) is 0 Å². The molecule has 0 saturated carbocycles. The van der Waals surface area contributed by atoms with Crippen LogP contribution in [-0.4, -0.2) is 53.4 Å². The number of aromatic carboxylic acids is 1. The van der Waals surface area contributed by atoms with Crippen LogP contribution in [0.4, 0.5) is 4.79 Å². The molecule has 9 nitrogen and oxygen atoms in total. The first-order valence-electron chi connectivity index (χ1n) is 11.2. The van der Waals surface area contributed by atoms with Crippen LogP contribution in [0.5, 0.6) is 0 Å². The molecule has 1 fully saturated rings. The molecular formula is C25H23N3O6S. The number of nitrogens with one attached hydrogen (secondary N) is 2. The highest BCUT2D eigenvalue weighted by Crippen LogP contribution is 2.44. The highest BCUT2D eigenvalue weighted by molar-refractivity contribution is 7.09. The molecule has 3 aromatic rings. The predicted octanol–water partition coefficient (Wildman–Crippen LogP) is 3.15. The Kier molecular flexibility index (Phi) is 6.47. The highest BCUT2D eigenvalue weighted by atomic mass is 32.1. The third-order valence-corrected chi connectivity index (χ3v) is 7.03. The molecule has 2 atom stereocenters. The Morgan fingerprint density at radius 2 is 1.77 bits per heavy atom. The number of alkyl carbamates (subject to hydrolysis) is 1. The Morgan fingerprint density at radius 3 is 2.43 bits per heavy atom. The van der Waals surface area contributed by atoms with Gasteiger partial charge in [0.25, 0.3) is 5.91 Å². The minimum absolute atomic E-state index is 0.0546. The molecule has 0 spiro atoms. The smallest absolute Gasteiger partial charge is 0.407 e. The number of benzene rings is 2. The Hall–Kier alpha value is -3.76. The van der Waals surface area contributed by atoms with Crippen molar-refractivity contribution in [2.75, 3.05) is 13.2 Å². The quantitative estimate of drug-likeness (QED) is 0.461. The molecule has 5 rings (SSSR count). The number of rotatable bonds is 7. The number of hydrogen-bond donors (Lipinski definition) is 3. The maximum atomic E-state index is 12.6. The molecule has 2 aromatic carbocycles. The summed E-state index contributed by atoms with van der Waals surface area (Å²) < 4.78 is 11.1. The molecule has 1 aliphatic heterocycles. The summed E-state index contributed by atoms with van der Waals surface area (Å²) in [6.45, 7) is 0.585. The summed E-state index contributed by atoms with van der Waals surface area (Å²) in [4.78, 5) is 40.1. The van der Waals surface area contributed by atoms with Crippen LogP contribution < -0.4 is 10.6 Å². The summed E-state index contributed by atoms with van der Waals surface area (Å²) in [5.74, 6) is -1.58. The zero-order chi connectivity index (χ0) is 24.4. The van der Waals surface area contributed by atoms with E-state index in [1.165, 1.54) is 5.38 Å². The summed E-state index contributed by atoms with van der Waals surface area (Å²) in [6, 6.07) is 15.7.